The summed E-state index contributed by atoms with van der Waals surface area (Å²) < 4.78 is 0. The number of aromatic nitrogens is 2. The van der Waals surface area contributed by atoms with E-state index >= 15 is 0 Å². The van der Waals surface area contributed by atoms with Gasteiger partial charge in [-0.05, 0) is 25.1 Å². The highest BCUT2D eigenvalue weighted by Gasteiger charge is 2.11. The monoisotopic (exact) mass is 251 g/mol. The third-order valence-electron chi connectivity index (χ3n) is 2.99. The van der Waals surface area contributed by atoms with E-state index in [0.717, 1.165) is 22.3 Å². The van der Waals surface area contributed by atoms with Gasteiger partial charge in [0, 0.05) is 34.7 Å². The van der Waals surface area contributed by atoms with Crippen molar-refractivity contribution in [1.29, 1.82) is 0 Å². The van der Waals surface area contributed by atoms with Crippen LogP contribution in [-0.2, 0) is 0 Å². The summed E-state index contributed by atoms with van der Waals surface area (Å²) in [7, 11) is 0. The number of carbonyl (C=O) groups excluding carboxylic acids is 1. The lowest BCUT2D eigenvalue weighted by Crippen LogP contribution is -2.11. The molecule has 0 atom stereocenters. The standard InChI is InChI=1S/C15H13N3O/c1-10-8-11(6-7-16-10)18-15(19)13-9-17-14-5-3-2-4-12(13)14/h2-9,17H,1H3,(H,16,18,19). The number of para-hydroxylation sites is 1. The van der Waals surface area contributed by atoms with Crippen LogP contribution in [0.3, 0.4) is 0 Å². The Labute approximate surface area is 110 Å². The predicted octanol–water partition coefficient (Wildman–Crippen LogP) is 3.12. The third-order valence-corrected chi connectivity index (χ3v) is 2.99. The predicted molar refractivity (Wildman–Crippen MR) is 75.2 cm³/mol. The second-order valence-corrected chi connectivity index (χ2v) is 4.39. The minimum atomic E-state index is -0.122. The Bertz CT molecular complexity index is 746. The Morgan fingerprint density at radius 2 is 2.11 bits per heavy atom. The Balaban J connectivity index is 1.92. The summed E-state index contributed by atoms with van der Waals surface area (Å²) in [6.07, 6.45) is 3.41. The number of carbonyl (C=O) groups is 1. The molecule has 0 saturated carbocycles. The van der Waals surface area contributed by atoms with Crippen molar-refractivity contribution in [1.82, 2.24) is 9.97 Å². The highest BCUT2D eigenvalue weighted by atomic mass is 16.1. The van der Waals surface area contributed by atoms with Crippen molar-refractivity contribution in [2.24, 2.45) is 0 Å². The summed E-state index contributed by atoms with van der Waals surface area (Å²) in [4.78, 5) is 19.4. The van der Waals surface area contributed by atoms with Crippen LogP contribution in [0.4, 0.5) is 5.69 Å². The number of hydrogen-bond donors (Lipinski definition) is 2. The van der Waals surface area contributed by atoms with Gasteiger partial charge in [0.25, 0.3) is 5.91 Å². The molecule has 0 aliphatic rings. The number of nitrogens with zero attached hydrogens (tertiary/aromatic N) is 1. The average Bonchev–Trinajstić information content (AvgIpc) is 2.82. The highest BCUT2D eigenvalue weighted by Crippen LogP contribution is 2.19. The van der Waals surface area contributed by atoms with Gasteiger partial charge in [0.2, 0.25) is 0 Å². The zero-order valence-corrected chi connectivity index (χ0v) is 10.5. The first-order valence-corrected chi connectivity index (χ1v) is 6.04. The molecule has 4 nitrogen and oxygen atoms in total. The van der Waals surface area contributed by atoms with Gasteiger partial charge in [-0.3, -0.25) is 9.78 Å². The summed E-state index contributed by atoms with van der Waals surface area (Å²) in [6.45, 7) is 1.89. The molecule has 94 valence electrons. The van der Waals surface area contributed by atoms with Crippen molar-refractivity contribution in [3.8, 4) is 0 Å². The van der Waals surface area contributed by atoms with Crippen molar-refractivity contribution in [2.75, 3.05) is 5.32 Å². The molecule has 2 N–H and O–H groups in total. The van der Waals surface area contributed by atoms with Gasteiger partial charge in [0.1, 0.15) is 0 Å². The number of anilines is 1. The maximum atomic E-state index is 12.2. The largest absolute Gasteiger partial charge is 0.360 e. The highest BCUT2D eigenvalue weighted by molar-refractivity contribution is 6.12. The number of aromatic amines is 1. The molecule has 3 aromatic rings. The first-order chi connectivity index (χ1) is 9.24. The van der Waals surface area contributed by atoms with Crippen molar-refractivity contribution in [3.63, 3.8) is 0 Å². The van der Waals surface area contributed by atoms with Crippen LogP contribution >= 0.6 is 0 Å². The number of nitrogens with one attached hydrogen (secondary N) is 2. The van der Waals surface area contributed by atoms with E-state index in [1.165, 1.54) is 0 Å². The topological polar surface area (TPSA) is 57.8 Å². The number of hydrogen-bond acceptors (Lipinski definition) is 2. The van der Waals surface area contributed by atoms with Crippen LogP contribution in [0.15, 0.2) is 48.8 Å². The molecule has 2 aromatic heterocycles. The lowest BCUT2D eigenvalue weighted by atomic mass is 10.1. The fourth-order valence-electron chi connectivity index (χ4n) is 2.08. The van der Waals surface area contributed by atoms with Crippen LogP contribution in [-0.4, -0.2) is 15.9 Å². The van der Waals surface area contributed by atoms with Crippen molar-refractivity contribution >= 4 is 22.5 Å². The number of H-pyrrole nitrogens is 1. The van der Waals surface area contributed by atoms with E-state index in [-0.39, 0.29) is 5.91 Å². The van der Waals surface area contributed by atoms with Gasteiger partial charge in [-0.25, -0.2) is 0 Å². The van der Waals surface area contributed by atoms with E-state index in [4.69, 9.17) is 0 Å². The van der Waals surface area contributed by atoms with Crippen LogP contribution in [0.1, 0.15) is 16.1 Å². The molecule has 0 unspecified atom stereocenters. The zero-order chi connectivity index (χ0) is 13.2. The van der Waals surface area contributed by atoms with Crippen LogP contribution in [0.2, 0.25) is 0 Å². The van der Waals surface area contributed by atoms with Gasteiger partial charge in [-0.1, -0.05) is 18.2 Å². The van der Waals surface area contributed by atoms with E-state index in [1.807, 2.05) is 37.3 Å². The Hall–Kier alpha value is -2.62. The summed E-state index contributed by atoms with van der Waals surface area (Å²) in [5, 5.41) is 3.80. The molecule has 19 heavy (non-hydrogen) atoms. The molecule has 0 bridgehead atoms. The molecule has 1 amide bonds. The molecule has 4 heteroatoms. The Kier molecular flexibility index (Phi) is 2.76. The SMILES string of the molecule is Cc1cc(NC(=O)c2c[nH]c3ccccc23)ccn1. The molecule has 0 aliphatic carbocycles. The van der Waals surface area contributed by atoms with E-state index in [1.54, 1.807) is 18.5 Å². The van der Waals surface area contributed by atoms with E-state index in [9.17, 15) is 4.79 Å². The number of pyridine rings is 1. The molecular weight excluding hydrogens is 238 g/mol. The summed E-state index contributed by atoms with van der Waals surface area (Å²) in [5.41, 5.74) is 3.23. The number of fused-ring (bicyclic) bond motifs is 1. The lowest BCUT2D eigenvalue weighted by Gasteiger charge is -2.04. The molecular formula is C15H13N3O. The van der Waals surface area contributed by atoms with E-state index in [0.29, 0.717) is 5.56 Å². The second kappa shape index (κ2) is 4.57. The molecule has 1 aromatic carbocycles. The number of benzene rings is 1. The first-order valence-electron chi connectivity index (χ1n) is 6.04. The number of amides is 1. The van der Waals surface area contributed by atoms with E-state index in [2.05, 4.69) is 15.3 Å². The fourth-order valence-corrected chi connectivity index (χ4v) is 2.08. The van der Waals surface area contributed by atoms with Gasteiger partial charge in [-0.15, -0.1) is 0 Å². The minimum Gasteiger partial charge on any atom is -0.360 e. The van der Waals surface area contributed by atoms with Crippen LogP contribution in [0.25, 0.3) is 10.9 Å². The van der Waals surface area contributed by atoms with Crippen LogP contribution in [0, 0.1) is 6.92 Å². The summed E-state index contributed by atoms with van der Waals surface area (Å²) in [5.74, 6) is -0.122. The van der Waals surface area contributed by atoms with E-state index < -0.39 is 0 Å². The van der Waals surface area contributed by atoms with Gasteiger partial charge in [0.15, 0.2) is 0 Å². The molecule has 3 rings (SSSR count). The molecule has 0 spiro atoms. The second-order valence-electron chi connectivity index (χ2n) is 4.39. The maximum Gasteiger partial charge on any atom is 0.257 e. The summed E-state index contributed by atoms with van der Waals surface area (Å²) >= 11 is 0. The molecule has 0 aliphatic heterocycles. The van der Waals surface area contributed by atoms with Gasteiger partial charge in [-0.2, -0.15) is 0 Å². The normalized spacial score (nSPS) is 10.6. The number of rotatable bonds is 2. The van der Waals surface area contributed by atoms with Crippen molar-refractivity contribution in [2.45, 2.75) is 6.92 Å². The van der Waals surface area contributed by atoms with Gasteiger partial charge in [0.05, 0.1) is 5.56 Å². The smallest absolute Gasteiger partial charge is 0.257 e. The minimum absolute atomic E-state index is 0.122. The average molecular weight is 251 g/mol. The molecule has 0 saturated heterocycles. The van der Waals surface area contributed by atoms with Gasteiger partial charge >= 0.3 is 0 Å². The quantitative estimate of drug-likeness (QED) is 0.735. The zero-order valence-electron chi connectivity index (χ0n) is 10.5. The molecule has 0 fully saturated rings. The van der Waals surface area contributed by atoms with Gasteiger partial charge < -0.3 is 10.3 Å². The molecule has 0 radical (unpaired) electrons. The Morgan fingerprint density at radius 3 is 2.95 bits per heavy atom. The summed E-state index contributed by atoms with van der Waals surface area (Å²) in [6, 6.07) is 11.4. The first kappa shape index (κ1) is 11.5. The lowest BCUT2D eigenvalue weighted by molar-refractivity contribution is 0.102. The molecule has 2 heterocycles. The third kappa shape index (κ3) is 2.20. The Morgan fingerprint density at radius 1 is 1.26 bits per heavy atom. The van der Waals surface area contributed by atoms with Crippen molar-refractivity contribution in [3.05, 3.63) is 60.0 Å². The van der Waals surface area contributed by atoms with Crippen LogP contribution in [0.5, 0.6) is 0 Å². The van der Waals surface area contributed by atoms with Crippen LogP contribution < -0.4 is 5.32 Å². The maximum absolute atomic E-state index is 12.2. The number of aryl methyl sites for hydroxylation is 1. The fraction of sp³-hybridized carbons (Fsp3) is 0.0667. The van der Waals surface area contributed by atoms with Crippen molar-refractivity contribution < 1.29 is 4.79 Å².